The minimum Gasteiger partial charge on any atom is -0.311 e. The molecule has 3 aliphatic rings. The van der Waals surface area contributed by atoms with Gasteiger partial charge in [0.25, 0.3) is 6.71 Å². The van der Waals surface area contributed by atoms with Crippen LogP contribution in [0.15, 0.2) is 164 Å². The quantitative estimate of drug-likeness (QED) is 0.171. The fourth-order valence-corrected chi connectivity index (χ4v) is 15.1. The minimum atomic E-state index is -2.84. The molecular weight excluding hydrogens is 667 g/mol. The Morgan fingerprint density at radius 1 is 0.370 bits per heavy atom. The van der Waals surface area contributed by atoms with E-state index < -0.39 is 8.07 Å². The third-order valence-electron chi connectivity index (χ3n) is 12.3. The Labute approximate surface area is 321 Å². The summed E-state index contributed by atoms with van der Waals surface area (Å²) in [7, 11) is -2.84. The molecule has 0 aromatic heterocycles. The fraction of sp³-hybridized carbons (Fsp3) is 0.160. The molecule has 7 aromatic rings. The number of nitrogens with zero attached hydrogens (tertiary/aromatic N) is 2. The second-order valence-electron chi connectivity index (χ2n) is 17.4. The molecule has 0 aliphatic carbocycles. The normalized spacial score (nSPS) is 14.9. The predicted octanol–water partition coefficient (Wildman–Crippen LogP) is 8.06. The number of benzene rings is 7. The Hall–Kier alpha value is -5.58. The summed E-state index contributed by atoms with van der Waals surface area (Å²) in [6, 6.07) is 62.9. The van der Waals surface area contributed by atoms with Crippen molar-refractivity contribution in [1.29, 1.82) is 0 Å². The molecule has 10 rings (SSSR count). The Bertz CT molecular complexity index is 2390. The Kier molecular flexibility index (Phi) is 7.16. The van der Waals surface area contributed by atoms with Crippen LogP contribution in [0.1, 0.15) is 52.7 Å². The highest BCUT2D eigenvalue weighted by molar-refractivity contribution is 7.27. The van der Waals surface area contributed by atoms with E-state index in [9.17, 15) is 0 Å². The van der Waals surface area contributed by atoms with Gasteiger partial charge < -0.3 is 9.80 Å². The topological polar surface area (TPSA) is 6.48 Å². The van der Waals surface area contributed by atoms with Crippen LogP contribution in [0.4, 0.5) is 34.1 Å². The van der Waals surface area contributed by atoms with E-state index in [4.69, 9.17) is 0 Å². The van der Waals surface area contributed by atoms with Gasteiger partial charge in [-0.3, -0.25) is 0 Å². The molecule has 0 fully saturated rings. The van der Waals surface area contributed by atoms with Gasteiger partial charge in [-0.15, -0.1) is 0 Å². The monoisotopic (exact) mass is 712 g/mol. The molecule has 0 amide bonds. The van der Waals surface area contributed by atoms with E-state index >= 15 is 0 Å². The molecule has 54 heavy (non-hydrogen) atoms. The van der Waals surface area contributed by atoms with Crippen molar-refractivity contribution in [2.24, 2.45) is 0 Å². The average molecular weight is 713 g/mol. The fourth-order valence-electron chi connectivity index (χ4n) is 9.76. The van der Waals surface area contributed by atoms with Gasteiger partial charge in [-0.25, -0.2) is 0 Å². The van der Waals surface area contributed by atoms with E-state index in [1.807, 2.05) is 0 Å². The van der Waals surface area contributed by atoms with Gasteiger partial charge in [0.1, 0.15) is 0 Å². The second-order valence-corrected chi connectivity index (χ2v) is 21.1. The van der Waals surface area contributed by atoms with Crippen LogP contribution >= 0.6 is 0 Å². The molecule has 0 bridgehead atoms. The molecule has 2 nitrogen and oxygen atoms in total. The lowest BCUT2D eigenvalue weighted by atomic mass is 9.33. The van der Waals surface area contributed by atoms with Crippen LogP contribution in [0.3, 0.4) is 0 Å². The number of hydrogen-bond donors (Lipinski definition) is 0. The molecule has 0 spiro atoms. The van der Waals surface area contributed by atoms with Gasteiger partial charge in [0.2, 0.25) is 0 Å². The van der Waals surface area contributed by atoms with E-state index in [0.717, 1.165) is 0 Å². The van der Waals surface area contributed by atoms with Crippen LogP contribution in [-0.4, -0.2) is 14.8 Å². The van der Waals surface area contributed by atoms with Gasteiger partial charge >= 0.3 is 0 Å². The summed E-state index contributed by atoms with van der Waals surface area (Å²) < 4.78 is 0. The first-order valence-electron chi connectivity index (χ1n) is 19.4. The van der Waals surface area contributed by atoms with Crippen molar-refractivity contribution < 1.29 is 0 Å². The average Bonchev–Trinajstić information content (AvgIpc) is 3.18. The highest BCUT2D eigenvalue weighted by atomic mass is 28.3. The van der Waals surface area contributed by atoms with Crippen LogP contribution in [0.5, 0.6) is 0 Å². The summed E-state index contributed by atoms with van der Waals surface area (Å²) in [6.07, 6.45) is 0. The van der Waals surface area contributed by atoms with E-state index in [1.165, 1.54) is 82.4 Å². The van der Waals surface area contributed by atoms with E-state index in [-0.39, 0.29) is 17.5 Å². The Morgan fingerprint density at radius 2 is 0.722 bits per heavy atom. The van der Waals surface area contributed by atoms with Gasteiger partial charge in [0.05, 0.1) is 0 Å². The summed E-state index contributed by atoms with van der Waals surface area (Å²) in [4.78, 5) is 5.13. The molecule has 262 valence electrons. The van der Waals surface area contributed by atoms with Crippen LogP contribution in [0, 0.1) is 0 Å². The number of anilines is 6. The van der Waals surface area contributed by atoms with E-state index in [2.05, 4.69) is 215 Å². The molecule has 0 saturated heterocycles. The maximum atomic E-state index is 2.57. The summed E-state index contributed by atoms with van der Waals surface area (Å²) in [5.74, 6) is 0. The maximum absolute atomic E-state index is 2.84. The number of rotatable bonds is 4. The molecule has 0 radical (unpaired) electrons. The van der Waals surface area contributed by atoms with Crippen molar-refractivity contribution >= 4 is 86.0 Å². The first-order chi connectivity index (χ1) is 26.1. The van der Waals surface area contributed by atoms with Crippen molar-refractivity contribution in [3.8, 4) is 0 Å². The van der Waals surface area contributed by atoms with Crippen molar-refractivity contribution in [3.05, 3.63) is 175 Å². The lowest BCUT2D eigenvalue weighted by Gasteiger charge is -2.51. The molecule has 0 N–H and O–H groups in total. The van der Waals surface area contributed by atoms with Gasteiger partial charge in [-0.2, -0.15) is 0 Å². The number of hydrogen-bond acceptors (Lipinski definition) is 2. The lowest BCUT2D eigenvalue weighted by molar-refractivity contribution is 0.590. The summed E-state index contributed by atoms with van der Waals surface area (Å²) in [6.45, 7) is 13.9. The smallest absolute Gasteiger partial charge is 0.251 e. The van der Waals surface area contributed by atoms with Crippen LogP contribution in [-0.2, 0) is 10.8 Å². The maximum Gasteiger partial charge on any atom is 0.251 e. The SMILES string of the molecule is CC(C)(C)c1ccc(N2c3cccc4c3B3c5c2cccc5[Si](c2ccccc2)(c2ccccc2)c2cccc(c23)N4c2ccc(C(C)(C)C)cc2)cc1. The van der Waals surface area contributed by atoms with Crippen LogP contribution < -0.4 is 46.9 Å². The lowest BCUT2D eigenvalue weighted by Crippen LogP contribution is -2.88. The molecule has 0 unspecified atom stereocenters. The molecule has 0 saturated carbocycles. The summed E-state index contributed by atoms with van der Waals surface area (Å²) in [5, 5.41) is 5.82. The minimum absolute atomic E-state index is 0.0725. The first-order valence-corrected chi connectivity index (χ1v) is 21.4. The van der Waals surface area contributed by atoms with Crippen molar-refractivity contribution in [2.45, 2.75) is 52.4 Å². The molecule has 7 aromatic carbocycles. The summed E-state index contributed by atoms with van der Waals surface area (Å²) >= 11 is 0. The standard InChI is InChI=1S/C50H45BN2Si/c1-49(2,3)34-26-30-36(31-27-34)52-40-20-13-21-41-46(40)51-47-42(52)22-14-24-44(47)54(38-16-9-7-10-17-38,39-18-11-8-12-19-39)45-25-15-23-43(48(45)51)53(41)37-32-28-35(29-33-37)50(4,5)6/h7-33H,1-6H3. The zero-order valence-corrected chi connectivity index (χ0v) is 33.1. The molecule has 0 atom stereocenters. The predicted molar refractivity (Wildman–Crippen MR) is 235 cm³/mol. The van der Waals surface area contributed by atoms with E-state index in [1.54, 1.807) is 0 Å². The highest BCUT2D eigenvalue weighted by Crippen LogP contribution is 2.45. The van der Waals surface area contributed by atoms with Gasteiger partial charge in [0, 0.05) is 34.1 Å². The third-order valence-corrected chi connectivity index (χ3v) is 17.1. The van der Waals surface area contributed by atoms with E-state index in [0.29, 0.717) is 0 Å². The van der Waals surface area contributed by atoms with Crippen molar-refractivity contribution in [1.82, 2.24) is 0 Å². The summed E-state index contributed by atoms with van der Waals surface area (Å²) in [5.41, 5.74) is 14.6. The Morgan fingerprint density at radius 3 is 1.09 bits per heavy atom. The largest absolute Gasteiger partial charge is 0.311 e. The third kappa shape index (κ3) is 4.59. The second kappa shape index (κ2) is 11.7. The Balaban J connectivity index is 1.35. The molecule has 3 aliphatic heterocycles. The van der Waals surface area contributed by atoms with Crippen LogP contribution in [0.25, 0.3) is 0 Å². The van der Waals surface area contributed by atoms with Crippen molar-refractivity contribution in [3.63, 3.8) is 0 Å². The zero-order valence-electron chi connectivity index (χ0n) is 32.1. The molecular formula is C50H45BN2Si. The molecule has 4 heteroatoms. The van der Waals surface area contributed by atoms with Crippen LogP contribution in [0.2, 0.25) is 0 Å². The highest BCUT2D eigenvalue weighted by Gasteiger charge is 2.56. The van der Waals surface area contributed by atoms with Gasteiger partial charge in [-0.1, -0.05) is 157 Å². The molecule has 3 heterocycles. The first kappa shape index (κ1) is 33.0. The van der Waals surface area contributed by atoms with Gasteiger partial charge in [0.15, 0.2) is 8.07 Å². The zero-order chi connectivity index (χ0) is 37.0. The van der Waals surface area contributed by atoms with Crippen molar-refractivity contribution in [2.75, 3.05) is 9.80 Å². The van der Waals surface area contributed by atoms with Gasteiger partial charge in [-0.05, 0) is 108 Å².